The van der Waals surface area contributed by atoms with Crippen molar-refractivity contribution in [3.05, 3.63) is 42.5 Å². The predicted molar refractivity (Wildman–Crippen MR) is 83.2 cm³/mol. The third-order valence-electron chi connectivity index (χ3n) is 3.45. The Morgan fingerprint density at radius 3 is 2.39 bits per heavy atom. The number of likely N-dealkylation sites (N-methyl/N-ethyl adjacent to an activating group) is 1. The maximum Gasteiger partial charge on any atom is 0.636 e. The topological polar surface area (TPSA) is 68.3 Å². The highest BCUT2D eigenvalue weighted by molar-refractivity contribution is 6.51. The Bertz CT molecular complexity index is 589. The predicted octanol–water partition coefficient (Wildman–Crippen LogP) is 0.422. The molecule has 1 aromatic rings. The van der Waals surface area contributed by atoms with Crippen molar-refractivity contribution in [2.75, 3.05) is 31.7 Å². The van der Waals surface area contributed by atoms with Crippen molar-refractivity contribution >= 4 is 24.7 Å². The second-order valence-electron chi connectivity index (χ2n) is 5.42. The van der Waals surface area contributed by atoms with E-state index in [2.05, 4.69) is 0 Å². The van der Waals surface area contributed by atoms with Gasteiger partial charge in [0.2, 0.25) is 0 Å². The van der Waals surface area contributed by atoms with Crippen LogP contribution in [-0.2, 0) is 23.7 Å². The van der Waals surface area contributed by atoms with Gasteiger partial charge in [-0.1, -0.05) is 30.4 Å². The number of carbonyl (C=O) groups excluding carboxylic acids is 2. The van der Waals surface area contributed by atoms with E-state index in [9.17, 15) is 9.59 Å². The standard InChI is InChI=1S/C15H17BN2O5/c1-17-10-14(19)21-16(22-15(20)11-17)13-8-5-9-18(23-13)12-6-3-2-4-7-12/h2-8,13H,9-11H2,1H3. The summed E-state index contributed by atoms with van der Waals surface area (Å²) in [7, 11) is 0.559. The van der Waals surface area contributed by atoms with E-state index in [1.807, 2.05) is 36.4 Å². The highest BCUT2D eigenvalue weighted by Gasteiger charge is 2.41. The van der Waals surface area contributed by atoms with Gasteiger partial charge in [0.05, 0.1) is 25.3 Å². The van der Waals surface area contributed by atoms with Crippen LogP contribution in [0.3, 0.4) is 0 Å². The SMILES string of the molecule is CN1CC(=O)OB(C2C=CCN(c3ccccc3)O2)OC(=O)C1. The molecular formula is C15H17BN2O5. The van der Waals surface area contributed by atoms with Crippen molar-refractivity contribution in [2.45, 2.75) is 6.00 Å². The highest BCUT2D eigenvalue weighted by atomic mass is 16.7. The molecule has 0 N–H and O–H groups in total. The lowest BCUT2D eigenvalue weighted by molar-refractivity contribution is -0.147. The van der Waals surface area contributed by atoms with Crippen molar-refractivity contribution < 1.29 is 23.7 Å². The minimum Gasteiger partial charge on any atom is -0.496 e. The van der Waals surface area contributed by atoms with Crippen LogP contribution < -0.4 is 5.06 Å². The Labute approximate surface area is 134 Å². The molecule has 0 bridgehead atoms. The third-order valence-corrected chi connectivity index (χ3v) is 3.45. The van der Waals surface area contributed by atoms with Gasteiger partial charge in [-0.2, -0.15) is 0 Å². The Balaban J connectivity index is 1.72. The van der Waals surface area contributed by atoms with Crippen molar-refractivity contribution in [1.82, 2.24) is 4.90 Å². The van der Waals surface area contributed by atoms with Crippen LogP contribution >= 0.6 is 0 Å². The smallest absolute Gasteiger partial charge is 0.496 e. The molecule has 7 nitrogen and oxygen atoms in total. The van der Waals surface area contributed by atoms with Crippen LogP contribution in [-0.4, -0.2) is 56.6 Å². The molecule has 1 unspecified atom stereocenters. The summed E-state index contributed by atoms with van der Waals surface area (Å²) in [6.07, 6.45) is 3.61. The Hall–Kier alpha value is -2.32. The molecule has 2 heterocycles. The lowest BCUT2D eigenvalue weighted by atomic mass is 9.79. The molecular weight excluding hydrogens is 299 g/mol. The maximum absolute atomic E-state index is 11.8. The number of hydrogen-bond donors (Lipinski definition) is 0. The van der Waals surface area contributed by atoms with E-state index < -0.39 is 25.1 Å². The second-order valence-corrected chi connectivity index (χ2v) is 5.42. The van der Waals surface area contributed by atoms with Gasteiger partial charge in [0.1, 0.15) is 0 Å². The normalized spacial score (nSPS) is 23.1. The van der Waals surface area contributed by atoms with Gasteiger partial charge in [-0.3, -0.25) is 24.4 Å². The van der Waals surface area contributed by atoms with Crippen molar-refractivity contribution in [3.8, 4) is 0 Å². The van der Waals surface area contributed by atoms with E-state index in [1.54, 1.807) is 18.2 Å². The molecule has 1 aromatic carbocycles. The molecule has 0 aromatic heterocycles. The van der Waals surface area contributed by atoms with Crippen LogP contribution in [0.4, 0.5) is 5.69 Å². The fourth-order valence-corrected chi connectivity index (χ4v) is 2.41. The summed E-state index contributed by atoms with van der Waals surface area (Å²) in [6, 6.07) is 8.84. The zero-order valence-electron chi connectivity index (χ0n) is 12.8. The summed E-state index contributed by atoms with van der Waals surface area (Å²) in [5.41, 5.74) is 0.866. The van der Waals surface area contributed by atoms with Gasteiger partial charge in [0, 0.05) is 0 Å². The van der Waals surface area contributed by atoms with Crippen LogP contribution in [0, 0.1) is 0 Å². The van der Waals surface area contributed by atoms with Gasteiger partial charge in [-0.15, -0.1) is 0 Å². The summed E-state index contributed by atoms with van der Waals surface area (Å²) in [5, 5.41) is 1.66. The number of carbonyl (C=O) groups is 2. The van der Waals surface area contributed by atoms with Gasteiger partial charge >= 0.3 is 19.1 Å². The third kappa shape index (κ3) is 3.91. The Kier molecular flexibility index (Phi) is 4.64. The zero-order valence-corrected chi connectivity index (χ0v) is 12.8. The number of para-hydroxylation sites is 1. The fraction of sp³-hybridized carbons (Fsp3) is 0.333. The van der Waals surface area contributed by atoms with Crippen LogP contribution in [0.2, 0.25) is 0 Å². The van der Waals surface area contributed by atoms with Crippen molar-refractivity contribution in [1.29, 1.82) is 0 Å². The van der Waals surface area contributed by atoms with Gasteiger partial charge in [-0.25, -0.2) is 0 Å². The quantitative estimate of drug-likeness (QED) is 0.579. The molecule has 0 saturated carbocycles. The number of rotatable bonds is 2. The first-order valence-electron chi connectivity index (χ1n) is 7.35. The number of hydrogen-bond acceptors (Lipinski definition) is 7. The van der Waals surface area contributed by atoms with Crippen LogP contribution in [0.15, 0.2) is 42.5 Å². The number of hydroxylamine groups is 1. The molecule has 2 aliphatic rings. The van der Waals surface area contributed by atoms with E-state index in [4.69, 9.17) is 14.1 Å². The fourth-order valence-electron chi connectivity index (χ4n) is 2.41. The first-order valence-corrected chi connectivity index (χ1v) is 7.35. The van der Waals surface area contributed by atoms with E-state index in [0.717, 1.165) is 5.69 Å². The molecule has 1 saturated heterocycles. The molecule has 120 valence electrons. The lowest BCUT2D eigenvalue weighted by Crippen LogP contribution is -2.50. The minimum absolute atomic E-state index is 0.0322. The first-order chi connectivity index (χ1) is 11.1. The average molecular weight is 316 g/mol. The van der Waals surface area contributed by atoms with E-state index >= 15 is 0 Å². The summed E-state index contributed by atoms with van der Waals surface area (Å²) in [5.74, 6) is -0.919. The van der Waals surface area contributed by atoms with Gasteiger partial charge < -0.3 is 9.31 Å². The van der Waals surface area contributed by atoms with E-state index in [-0.39, 0.29) is 13.1 Å². The Morgan fingerprint density at radius 1 is 1.09 bits per heavy atom. The first kappa shape index (κ1) is 15.6. The van der Waals surface area contributed by atoms with Crippen molar-refractivity contribution in [3.63, 3.8) is 0 Å². The maximum atomic E-state index is 11.8. The van der Waals surface area contributed by atoms with Gasteiger partial charge in [0.25, 0.3) is 0 Å². The monoisotopic (exact) mass is 316 g/mol. The molecule has 23 heavy (non-hydrogen) atoms. The molecule has 1 atom stereocenters. The van der Waals surface area contributed by atoms with Gasteiger partial charge in [-0.05, 0) is 19.2 Å². The second kappa shape index (κ2) is 6.85. The van der Waals surface area contributed by atoms with Gasteiger partial charge in [0.15, 0.2) is 6.00 Å². The molecule has 0 aliphatic carbocycles. The molecule has 1 fully saturated rings. The molecule has 8 heteroatoms. The van der Waals surface area contributed by atoms with Crippen LogP contribution in [0.1, 0.15) is 0 Å². The Morgan fingerprint density at radius 2 is 1.74 bits per heavy atom. The molecule has 0 spiro atoms. The number of benzene rings is 1. The molecule has 0 amide bonds. The minimum atomic E-state index is -1.09. The number of nitrogens with zero attached hydrogens (tertiary/aromatic N) is 2. The highest BCUT2D eigenvalue weighted by Crippen LogP contribution is 2.20. The van der Waals surface area contributed by atoms with Crippen LogP contribution in [0.25, 0.3) is 0 Å². The van der Waals surface area contributed by atoms with Crippen molar-refractivity contribution in [2.24, 2.45) is 0 Å². The van der Waals surface area contributed by atoms with Crippen LogP contribution in [0.5, 0.6) is 0 Å². The molecule has 3 rings (SSSR count). The lowest BCUT2D eigenvalue weighted by Gasteiger charge is -2.32. The summed E-state index contributed by atoms with van der Waals surface area (Å²) < 4.78 is 10.5. The summed E-state index contributed by atoms with van der Waals surface area (Å²) in [4.78, 5) is 31.0. The summed E-state index contributed by atoms with van der Waals surface area (Å²) in [6.45, 7) is 0.618. The molecule has 2 aliphatic heterocycles. The summed E-state index contributed by atoms with van der Waals surface area (Å²) >= 11 is 0. The molecule has 0 radical (unpaired) electrons. The number of anilines is 1. The van der Waals surface area contributed by atoms with E-state index in [1.165, 1.54) is 4.90 Å². The largest absolute Gasteiger partial charge is 0.636 e. The zero-order chi connectivity index (χ0) is 16.2. The average Bonchev–Trinajstić information content (AvgIpc) is 2.53. The van der Waals surface area contributed by atoms with E-state index in [0.29, 0.717) is 6.54 Å².